The van der Waals surface area contributed by atoms with Crippen LogP contribution in [0.15, 0.2) is 51.5 Å². The predicted molar refractivity (Wildman–Crippen MR) is 69.7 cm³/mol. The van der Waals surface area contributed by atoms with Crippen molar-refractivity contribution in [3.05, 3.63) is 54.3 Å². The number of aromatic nitrogens is 1. The molecule has 2 heterocycles. The van der Waals surface area contributed by atoms with Crippen molar-refractivity contribution in [1.29, 1.82) is 0 Å². The van der Waals surface area contributed by atoms with Crippen molar-refractivity contribution in [2.45, 2.75) is 19.3 Å². The molecule has 0 aliphatic carbocycles. The van der Waals surface area contributed by atoms with Gasteiger partial charge in [-0.05, 0) is 24.3 Å². The summed E-state index contributed by atoms with van der Waals surface area (Å²) in [5.74, 6) is 1.40. The van der Waals surface area contributed by atoms with Gasteiger partial charge in [-0.1, -0.05) is 12.1 Å². The molecule has 4 nitrogen and oxygen atoms in total. The zero-order chi connectivity index (χ0) is 13.1. The summed E-state index contributed by atoms with van der Waals surface area (Å²) in [6, 6.07) is 11.2. The number of ketones is 1. The van der Waals surface area contributed by atoms with Gasteiger partial charge in [-0.25, -0.2) is 4.98 Å². The highest BCUT2D eigenvalue weighted by molar-refractivity contribution is 5.81. The number of rotatable bonds is 5. The van der Waals surface area contributed by atoms with E-state index in [9.17, 15) is 4.79 Å². The van der Waals surface area contributed by atoms with Gasteiger partial charge in [0.15, 0.2) is 5.58 Å². The molecule has 19 heavy (non-hydrogen) atoms. The van der Waals surface area contributed by atoms with Crippen LogP contribution in [0.25, 0.3) is 11.1 Å². The van der Waals surface area contributed by atoms with E-state index in [0.29, 0.717) is 18.7 Å². The summed E-state index contributed by atoms with van der Waals surface area (Å²) in [4.78, 5) is 16.1. The van der Waals surface area contributed by atoms with Crippen LogP contribution < -0.4 is 0 Å². The van der Waals surface area contributed by atoms with Gasteiger partial charge < -0.3 is 8.83 Å². The standard InChI is InChI=1S/C15H13NO3/c17-11(7-8-12-4-3-9-18-12)10-15-16-13-5-1-2-6-14(13)19-15/h1-6,9H,7-8,10H2. The Morgan fingerprint density at radius 2 is 2.05 bits per heavy atom. The average Bonchev–Trinajstić information content (AvgIpc) is 3.04. The van der Waals surface area contributed by atoms with Crippen molar-refractivity contribution < 1.29 is 13.6 Å². The fourth-order valence-corrected chi connectivity index (χ4v) is 1.97. The molecule has 3 rings (SSSR count). The van der Waals surface area contributed by atoms with Gasteiger partial charge in [-0.15, -0.1) is 0 Å². The van der Waals surface area contributed by atoms with Crippen molar-refractivity contribution in [2.75, 3.05) is 0 Å². The smallest absolute Gasteiger partial charge is 0.202 e. The first-order valence-corrected chi connectivity index (χ1v) is 6.20. The number of hydrogen-bond acceptors (Lipinski definition) is 4. The van der Waals surface area contributed by atoms with Crippen molar-refractivity contribution >= 4 is 16.9 Å². The summed E-state index contributed by atoms with van der Waals surface area (Å²) in [6.45, 7) is 0. The summed E-state index contributed by atoms with van der Waals surface area (Å²) < 4.78 is 10.7. The highest BCUT2D eigenvalue weighted by atomic mass is 16.3. The van der Waals surface area contributed by atoms with Crippen LogP contribution in [0.3, 0.4) is 0 Å². The molecule has 0 spiro atoms. The Balaban J connectivity index is 1.62. The molecule has 0 fully saturated rings. The second-order valence-electron chi connectivity index (χ2n) is 4.37. The number of benzene rings is 1. The lowest BCUT2D eigenvalue weighted by molar-refractivity contribution is -0.118. The fourth-order valence-electron chi connectivity index (χ4n) is 1.97. The molecule has 1 aromatic carbocycles. The average molecular weight is 255 g/mol. The lowest BCUT2D eigenvalue weighted by atomic mass is 10.1. The van der Waals surface area contributed by atoms with Crippen LogP contribution in [0, 0.1) is 0 Å². The van der Waals surface area contributed by atoms with Crippen LogP contribution in [0.1, 0.15) is 18.1 Å². The first kappa shape index (κ1) is 11.7. The molecule has 0 radical (unpaired) electrons. The molecule has 0 atom stereocenters. The third kappa shape index (κ3) is 2.73. The molecule has 0 N–H and O–H groups in total. The number of fused-ring (bicyclic) bond motifs is 1. The van der Waals surface area contributed by atoms with Crippen molar-refractivity contribution in [1.82, 2.24) is 4.98 Å². The van der Waals surface area contributed by atoms with Crippen molar-refractivity contribution in [3.63, 3.8) is 0 Å². The van der Waals surface area contributed by atoms with Gasteiger partial charge in [0, 0.05) is 12.8 Å². The summed E-state index contributed by atoms with van der Waals surface area (Å²) in [6.07, 6.45) is 2.90. The van der Waals surface area contributed by atoms with Crippen LogP contribution in [0.2, 0.25) is 0 Å². The van der Waals surface area contributed by atoms with Crippen molar-refractivity contribution in [2.24, 2.45) is 0 Å². The molecule has 3 aromatic rings. The van der Waals surface area contributed by atoms with Crippen molar-refractivity contribution in [3.8, 4) is 0 Å². The second kappa shape index (κ2) is 5.10. The third-order valence-electron chi connectivity index (χ3n) is 2.92. The van der Waals surface area contributed by atoms with Crippen LogP contribution in [0.4, 0.5) is 0 Å². The normalized spacial score (nSPS) is 10.9. The van der Waals surface area contributed by atoms with Gasteiger partial charge in [0.05, 0.1) is 12.7 Å². The minimum Gasteiger partial charge on any atom is -0.469 e. The number of aryl methyl sites for hydroxylation is 1. The largest absolute Gasteiger partial charge is 0.469 e. The van der Waals surface area contributed by atoms with Gasteiger partial charge in [0.2, 0.25) is 5.89 Å². The highest BCUT2D eigenvalue weighted by Crippen LogP contribution is 2.15. The number of carbonyl (C=O) groups excluding carboxylic acids is 1. The van der Waals surface area contributed by atoms with E-state index in [-0.39, 0.29) is 12.2 Å². The molecule has 0 saturated heterocycles. The summed E-state index contributed by atoms with van der Waals surface area (Å²) in [5.41, 5.74) is 1.51. The Morgan fingerprint density at radius 1 is 1.16 bits per heavy atom. The number of para-hydroxylation sites is 2. The molecule has 2 aromatic heterocycles. The van der Waals surface area contributed by atoms with Gasteiger partial charge in [-0.3, -0.25) is 4.79 Å². The maximum Gasteiger partial charge on any atom is 0.202 e. The van der Waals surface area contributed by atoms with E-state index < -0.39 is 0 Å². The Labute approximate surface area is 110 Å². The Bertz CT molecular complexity index is 649. The minimum atomic E-state index is 0.1000. The zero-order valence-corrected chi connectivity index (χ0v) is 10.3. The molecular formula is C15H13NO3. The lowest BCUT2D eigenvalue weighted by Crippen LogP contribution is -2.04. The van der Waals surface area contributed by atoms with Crippen LogP contribution in [0.5, 0.6) is 0 Å². The van der Waals surface area contributed by atoms with E-state index in [0.717, 1.165) is 16.9 Å². The maximum absolute atomic E-state index is 11.8. The molecular weight excluding hydrogens is 242 g/mol. The van der Waals surface area contributed by atoms with E-state index in [1.54, 1.807) is 6.26 Å². The molecule has 0 aliphatic rings. The van der Waals surface area contributed by atoms with Gasteiger partial charge in [-0.2, -0.15) is 0 Å². The molecule has 0 unspecified atom stereocenters. The van der Waals surface area contributed by atoms with Gasteiger partial charge in [0.1, 0.15) is 17.1 Å². The number of Topliss-reactive ketones (excluding diaryl/α,β-unsaturated/α-hetero) is 1. The number of nitrogens with zero attached hydrogens (tertiary/aromatic N) is 1. The number of carbonyl (C=O) groups is 1. The molecule has 0 bridgehead atoms. The Morgan fingerprint density at radius 3 is 2.84 bits per heavy atom. The monoisotopic (exact) mass is 255 g/mol. The number of oxazole rings is 1. The quantitative estimate of drug-likeness (QED) is 0.702. The van der Waals surface area contributed by atoms with Crippen LogP contribution in [-0.4, -0.2) is 10.8 Å². The van der Waals surface area contributed by atoms with E-state index in [4.69, 9.17) is 8.83 Å². The van der Waals surface area contributed by atoms with E-state index in [1.165, 1.54) is 0 Å². The molecule has 0 saturated carbocycles. The summed E-state index contributed by atoms with van der Waals surface area (Å²) in [7, 11) is 0. The Hall–Kier alpha value is -2.36. The molecule has 96 valence electrons. The third-order valence-corrected chi connectivity index (χ3v) is 2.92. The number of furan rings is 1. The summed E-state index contributed by atoms with van der Waals surface area (Å²) >= 11 is 0. The first-order chi connectivity index (χ1) is 9.31. The summed E-state index contributed by atoms with van der Waals surface area (Å²) in [5, 5.41) is 0. The first-order valence-electron chi connectivity index (χ1n) is 6.20. The lowest BCUT2D eigenvalue weighted by Gasteiger charge is -1.96. The van der Waals surface area contributed by atoms with E-state index in [1.807, 2.05) is 36.4 Å². The molecule has 4 heteroatoms. The fraction of sp³-hybridized carbons (Fsp3) is 0.200. The maximum atomic E-state index is 11.8. The zero-order valence-electron chi connectivity index (χ0n) is 10.3. The SMILES string of the molecule is O=C(CCc1ccco1)Cc1nc2ccccc2o1. The highest BCUT2D eigenvalue weighted by Gasteiger charge is 2.11. The van der Waals surface area contributed by atoms with E-state index in [2.05, 4.69) is 4.98 Å². The van der Waals surface area contributed by atoms with Gasteiger partial charge >= 0.3 is 0 Å². The predicted octanol–water partition coefficient (Wildman–Crippen LogP) is 3.17. The van der Waals surface area contributed by atoms with E-state index >= 15 is 0 Å². The topological polar surface area (TPSA) is 56.2 Å². The Kier molecular flexibility index (Phi) is 3.14. The van der Waals surface area contributed by atoms with Crippen LogP contribution >= 0.6 is 0 Å². The number of hydrogen-bond donors (Lipinski definition) is 0. The second-order valence-corrected chi connectivity index (χ2v) is 4.37. The molecule has 0 amide bonds. The molecule has 0 aliphatic heterocycles. The van der Waals surface area contributed by atoms with Crippen LogP contribution in [-0.2, 0) is 17.6 Å². The van der Waals surface area contributed by atoms with Gasteiger partial charge in [0.25, 0.3) is 0 Å². The minimum absolute atomic E-state index is 0.1000.